The minimum absolute atomic E-state index is 0.0692. The minimum Gasteiger partial charge on any atom is -0.494 e. The molecule has 1 aliphatic heterocycles. The first-order valence-corrected chi connectivity index (χ1v) is 10.00. The van der Waals surface area contributed by atoms with Gasteiger partial charge in [0.2, 0.25) is 15.9 Å². The molecule has 1 aliphatic rings. The Balaban J connectivity index is 1.96. The van der Waals surface area contributed by atoms with E-state index in [1.165, 1.54) is 22.5 Å². The van der Waals surface area contributed by atoms with Crippen molar-refractivity contribution in [2.75, 3.05) is 13.1 Å². The molecule has 0 radical (unpaired) electrons. The summed E-state index contributed by atoms with van der Waals surface area (Å²) in [6.07, 6.45) is 3.61. The van der Waals surface area contributed by atoms with Crippen LogP contribution >= 0.6 is 11.6 Å². The molecule has 0 saturated carbocycles. The Labute approximate surface area is 159 Å². The van der Waals surface area contributed by atoms with Crippen molar-refractivity contribution in [2.24, 2.45) is 4.99 Å². The van der Waals surface area contributed by atoms with Gasteiger partial charge in [0, 0.05) is 19.3 Å². The maximum Gasteiger partial charge on any atom is 0.328 e. The highest BCUT2D eigenvalue weighted by atomic mass is 35.5. The number of rotatable bonds is 4. The number of piperidine rings is 1. The van der Waals surface area contributed by atoms with Crippen molar-refractivity contribution in [2.45, 2.75) is 24.2 Å². The molecule has 9 nitrogen and oxygen atoms in total. The number of aromatic amines is 2. The van der Waals surface area contributed by atoms with E-state index in [0.29, 0.717) is 13.1 Å². The Morgan fingerprint density at radius 1 is 1.15 bits per heavy atom. The van der Waals surface area contributed by atoms with Gasteiger partial charge >= 0.3 is 5.69 Å². The van der Waals surface area contributed by atoms with Crippen molar-refractivity contribution in [1.29, 1.82) is 0 Å². The van der Waals surface area contributed by atoms with E-state index >= 15 is 0 Å². The number of aromatic nitrogens is 2. The number of sulfonamides is 1. The molecule has 11 heteroatoms. The molecule has 0 unspecified atom stereocenters. The summed E-state index contributed by atoms with van der Waals surface area (Å²) in [6, 6.07) is 4.19. The lowest BCUT2D eigenvalue weighted by molar-refractivity contribution is 0.346. The van der Waals surface area contributed by atoms with E-state index in [4.69, 9.17) is 11.6 Å². The maximum absolute atomic E-state index is 12.8. The molecule has 2 heterocycles. The molecule has 1 aromatic carbocycles. The van der Waals surface area contributed by atoms with Gasteiger partial charge in [0.25, 0.3) is 5.56 Å². The number of nitrogens with zero attached hydrogens (tertiary/aromatic N) is 2. The van der Waals surface area contributed by atoms with Gasteiger partial charge in [0.15, 0.2) is 0 Å². The Bertz CT molecular complexity index is 1100. The average Bonchev–Trinajstić information content (AvgIpc) is 2.62. The third kappa shape index (κ3) is 4.12. The van der Waals surface area contributed by atoms with Crippen LogP contribution in [0.3, 0.4) is 0 Å². The lowest BCUT2D eigenvalue weighted by Crippen LogP contribution is -2.35. The highest BCUT2D eigenvalue weighted by Gasteiger charge is 2.28. The highest BCUT2D eigenvalue weighted by Crippen LogP contribution is 2.30. The molecular weight excluding hydrogens is 396 g/mol. The lowest BCUT2D eigenvalue weighted by atomic mass is 10.2. The number of benzene rings is 1. The fraction of sp³-hybridized carbons (Fsp3) is 0.312. The van der Waals surface area contributed by atoms with E-state index in [9.17, 15) is 23.1 Å². The zero-order valence-corrected chi connectivity index (χ0v) is 15.7. The van der Waals surface area contributed by atoms with Gasteiger partial charge in [0.1, 0.15) is 10.5 Å². The van der Waals surface area contributed by atoms with Crippen LogP contribution < -0.4 is 11.2 Å². The third-order valence-electron chi connectivity index (χ3n) is 4.15. The van der Waals surface area contributed by atoms with Gasteiger partial charge in [-0.25, -0.2) is 13.2 Å². The molecule has 1 saturated heterocycles. The molecular formula is C16H17ClN4O5S. The molecule has 144 valence electrons. The summed E-state index contributed by atoms with van der Waals surface area (Å²) < 4.78 is 27.1. The first-order valence-electron chi connectivity index (χ1n) is 8.18. The fourth-order valence-corrected chi connectivity index (χ4v) is 4.77. The van der Waals surface area contributed by atoms with Crippen LogP contribution in [0.2, 0.25) is 5.02 Å². The summed E-state index contributed by atoms with van der Waals surface area (Å²) >= 11 is 6.09. The van der Waals surface area contributed by atoms with E-state index in [-0.39, 0.29) is 21.2 Å². The third-order valence-corrected chi connectivity index (χ3v) is 6.53. The van der Waals surface area contributed by atoms with Crippen molar-refractivity contribution >= 4 is 33.5 Å². The number of nitrogens with one attached hydrogen (secondary N) is 2. The minimum atomic E-state index is -3.76. The highest BCUT2D eigenvalue weighted by molar-refractivity contribution is 7.89. The van der Waals surface area contributed by atoms with Gasteiger partial charge in [-0.1, -0.05) is 18.0 Å². The van der Waals surface area contributed by atoms with E-state index in [1.807, 2.05) is 9.97 Å². The van der Waals surface area contributed by atoms with Crippen molar-refractivity contribution in [1.82, 2.24) is 14.3 Å². The van der Waals surface area contributed by atoms with Crippen LogP contribution in [-0.2, 0) is 10.0 Å². The molecule has 27 heavy (non-hydrogen) atoms. The molecule has 3 N–H and O–H groups in total. The summed E-state index contributed by atoms with van der Waals surface area (Å²) in [5.74, 6) is -0.636. The van der Waals surface area contributed by atoms with Gasteiger partial charge in [-0.3, -0.25) is 19.8 Å². The zero-order chi connectivity index (χ0) is 19.6. The van der Waals surface area contributed by atoms with E-state index in [2.05, 4.69) is 4.99 Å². The van der Waals surface area contributed by atoms with Crippen LogP contribution in [0.4, 0.5) is 5.69 Å². The molecule has 2 aromatic rings. The Morgan fingerprint density at radius 2 is 1.85 bits per heavy atom. The van der Waals surface area contributed by atoms with Gasteiger partial charge in [-0.2, -0.15) is 4.31 Å². The second kappa shape index (κ2) is 7.67. The Hall–Kier alpha value is -2.43. The number of aromatic hydroxyl groups is 1. The number of aliphatic imine (C=N–C) groups is 1. The molecule has 0 amide bonds. The monoisotopic (exact) mass is 412 g/mol. The van der Waals surface area contributed by atoms with Gasteiger partial charge in [-0.15, -0.1) is 0 Å². The molecule has 3 rings (SSSR count). The standard InChI is InChI=1S/C16H17ClN4O5S/c17-12-5-4-10(18-9-11-14(22)19-16(24)20-15(11)23)8-13(12)27(25,26)21-6-2-1-3-7-21/h4-5,8-9H,1-3,6-7H2,(H3,19,20,22,23,24). The molecule has 0 spiro atoms. The van der Waals surface area contributed by atoms with Crippen LogP contribution in [0.5, 0.6) is 5.88 Å². The number of hydrogen-bond donors (Lipinski definition) is 3. The number of hydrogen-bond acceptors (Lipinski definition) is 6. The van der Waals surface area contributed by atoms with Crippen LogP contribution in [0.1, 0.15) is 24.8 Å². The molecule has 1 fully saturated rings. The second-order valence-electron chi connectivity index (χ2n) is 6.01. The summed E-state index contributed by atoms with van der Waals surface area (Å²) in [6.45, 7) is 0.875. The fourth-order valence-electron chi connectivity index (χ4n) is 2.76. The summed E-state index contributed by atoms with van der Waals surface area (Å²) in [5.41, 5.74) is -1.71. The summed E-state index contributed by atoms with van der Waals surface area (Å²) in [5, 5.41) is 9.73. The first kappa shape index (κ1) is 19.3. The predicted molar refractivity (Wildman–Crippen MR) is 101 cm³/mol. The van der Waals surface area contributed by atoms with E-state index in [1.54, 1.807) is 0 Å². The van der Waals surface area contributed by atoms with Crippen LogP contribution in [-0.4, -0.2) is 47.1 Å². The maximum atomic E-state index is 12.8. The van der Waals surface area contributed by atoms with Gasteiger partial charge < -0.3 is 5.11 Å². The van der Waals surface area contributed by atoms with Crippen molar-refractivity contribution in [3.8, 4) is 5.88 Å². The number of H-pyrrole nitrogens is 2. The largest absolute Gasteiger partial charge is 0.494 e. The van der Waals surface area contributed by atoms with Crippen molar-refractivity contribution in [3.63, 3.8) is 0 Å². The predicted octanol–water partition coefficient (Wildman–Crippen LogP) is 1.35. The molecule has 0 aliphatic carbocycles. The smallest absolute Gasteiger partial charge is 0.328 e. The normalized spacial score (nSPS) is 16.0. The van der Waals surface area contributed by atoms with Crippen LogP contribution in [0.15, 0.2) is 37.7 Å². The SMILES string of the molecule is O=c1[nH]c(O)c(C=Nc2ccc(Cl)c(S(=O)(=O)N3CCCCC3)c2)c(=O)[nH]1. The lowest BCUT2D eigenvalue weighted by Gasteiger charge is -2.26. The molecule has 0 bridgehead atoms. The topological polar surface area (TPSA) is 136 Å². The Morgan fingerprint density at radius 3 is 2.52 bits per heavy atom. The second-order valence-corrected chi connectivity index (χ2v) is 8.32. The quantitative estimate of drug-likeness (QED) is 0.651. The van der Waals surface area contributed by atoms with E-state index < -0.39 is 27.2 Å². The number of halogens is 1. The molecule has 1 aromatic heterocycles. The van der Waals surface area contributed by atoms with Gasteiger partial charge in [-0.05, 0) is 31.0 Å². The first-order chi connectivity index (χ1) is 12.8. The average molecular weight is 413 g/mol. The van der Waals surface area contributed by atoms with Crippen LogP contribution in [0.25, 0.3) is 0 Å². The summed E-state index contributed by atoms with van der Waals surface area (Å²) in [7, 11) is -3.76. The Kier molecular flexibility index (Phi) is 5.49. The zero-order valence-electron chi connectivity index (χ0n) is 14.1. The summed E-state index contributed by atoms with van der Waals surface area (Å²) in [4.78, 5) is 30.7. The van der Waals surface area contributed by atoms with Gasteiger partial charge in [0.05, 0.1) is 10.7 Å². The molecule has 0 atom stereocenters. The van der Waals surface area contributed by atoms with Crippen molar-refractivity contribution in [3.05, 3.63) is 49.6 Å². The van der Waals surface area contributed by atoms with Crippen molar-refractivity contribution < 1.29 is 13.5 Å². The van der Waals surface area contributed by atoms with Crippen LogP contribution in [0, 0.1) is 0 Å². The van der Waals surface area contributed by atoms with E-state index in [0.717, 1.165) is 25.5 Å².